The van der Waals surface area contributed by atoms with E-state index in [0.717, 1.165) is 0 Å². The number of ether oxygens (including phenoxy) is 1. The smallest absolute Gasteiger partial charge is 0.254 e. The minimum absolute atomic E-state index is 0.0493. The molecule has 17 heavy (non-hydrogen) atoms. The molecule has 0 saturated carbocycles. The summed E-state index contributed by atoms with van der Waals surface area (Å²) in [5, 5.41) is 9.17. The van der Waals surface area contributed by atoms with Crippen LogP contribution < -0.4 is 5.73 Å². The molecule has 0 aliphatic carbocycles. The molecule has 2 rings (SSSR count). The van der Waals surface area contributed by atoms with E-state index >= 15 is 0 Å². The first-order valence-corrected chi connectivity index (χ1v) is 5.60. The Bertz CT molecular complexity index is 391. The summed E-state index contributed by atoms with van der Waals surface area (Å²) in [7, 11) is 0. The lowest BCUT2D eigenvalue weighted by atomic mass is 10.1. The van der Waals surface area contributed by atoms with E-state index in [2.05, 4.69) is 0 Å². The van der Waals surface area contributed by atoms with Gasteiger partial charge in [-0.2, -0.15) is 0 Å². The Morgan fingerprint density at radius 1 is 1.47 bits per heavy atom. The molecule has 92 valence electrons. The van der Waals surface area contributed by atoms with E-state index in [9.17, 15) is 4.79 Å². The van der Waals surface area contributed by atoms with Crippen molar-refractivity contribution < 1.29 is 14.6 Å². The minimum atomic E-state index is -0.0789. The fourth-order valence-electron chi connectivity index (χ4n) is 1.83. The minimum Gasteiger partial charge on any atom is -0.508 e. The first-order chi connectivity index (χ1) is 8.20. The van der Waals surface area contributed by atoms with Crippen molar-refractivity contribution in [2.45, 2.75) is 6.10 Å². The standard InChI is InChI=1S/C12H16N2O3/c13-7-11-8-14(5-6-17-11)12(16)9-1-3-10(15)4-2-9/h1-4,11,15H,5-8,13H2. The van der Waals surface area contributed by atoms with Gasteiger partial charge in [0.15, 0.2) is 0 Å². The Hall–Kier alpha value is -1.59. The van der Waals surface area contributed by atoms with Crippen molar-refractivity contribution in [2.24, 2.45) is 5.73 Å². The van der Waals surface area contributed by atoms with E-state index < -0.39 is 0 Å². The number of aromatic hydroxyl groups is 1. The zero-order valence-electron chi connectivity index (χ0n) is 9.50. The van der Waals surface area contributed by atoms with Crippen LogP contribution in [-0.4, -0.2) is 48.3 Å². The van der Waals surface area contributed by atoms with Crippen LogP contribution in [0.3, 0.4) is 0 Å². The van der Waals surface area contributed by atoms with Gasteiger partial charge in [-0.15, -0.1) is 0 Å². The first-order valence-electron chi connectivity index (χ1n) is 5.60. The number of rotatable bonds is 2. The number of carbonyl (C=O) groups is 1. The van der Waals surface area contributed by atoms with Gasteiger partial charge >= 0.3 is 0 Å². The summed E-state index contributed by atoms with van der Waals surface area (Å²) in [6.45, 7) is 2.04. The van der Waals surface area contributed by atoms with Gasteiger partial charge in [0, 0.05) is 25.2 Å². The van der Waals surface area contributed by atoms with E-state index in [-0.39, 0.29) is 17.8 Å². The number of benzene rings is 1. The highest BCUT2D eigenvalue weighted by molar-refractivity contribution is 5.94. The molecule has 1 aliphatic rings. The fraction of sp³-hybridized carbons (Fsp3) is 0.417. The van der Waals surface area contributed by atoms with Crippen LogP contribution in [0.15, 0.2) is 24.3 Å². The van der Waals surface area contributed by atoms with E-state index in [4.69, 9.17) is 15.6 Å². The van der Waals surface area contributed by atoms with Crippen LogP contribution in [0.25, 0.3) is 0 Å². The maximum Gasteiger partial charge on any atom is 0.254 e. The molecule has 1 aliphatic heterocycles. The lowest BCUT2D eigenvalue weighted by Gasteiger charge is -2.32. The summed E-state index contributed by atoms with van der Waals surface area (Å²) in [6, 6.07) is 6.25. The van der Waals surface area contributed by atoms with Crippen molar-refractivity contribution in [3.8, 4) is 5.75 Å². The van der Waals surface area contributed by atoms with Gasteiger partial charge in [0.25, 0.3) is 5.91 Å². The second-order valence-electron chi connectivity index (χ2n) is 4.03. The molecule has 3 N–H and O–H groups in total. The lowest BCUT2D eigenvalue weighted by molar-refractivity contribution is -0.0167. The number of nitrogens with zero attached hydrogens (tertiary/aromatic N) is 1. The van der Waals surface area contributed by atoms with Crippen molar-refractivity contribution in [3.63, 3.8) is 0 Å². The number of hydrogen-bond donors (Lipinski definition) is 2. The van der Waals surface area contributed by atoms with Crippen molar-refractivity contribution in [3.05, 3.63) is 29.8 Å². The molecule has 1 aromatic rings. The first kappa shape index (κ1) is 11.9. The zero-order chi connectivity index (χ0) is 12.3. The summed E-state index contributed by atoms with van der Waals surface area (Å²) in [5.74, 6) is 0.107. The van der Waals surface area contributed by atoms with Gasteiger partial charge in [0.05, 0.1) is 12.7 Å². The van der Waals surface area contributed by atoms with Crippen LogP contribution in [0.5, 0.6) is 5.75 Å². The highest BCUT2D eigenvalue weighted by Crippen LogP contribution is 2.13. The van der Waals surface area contributed by atoms with E-state index in [0.29, 0.717) is 31.8 Å². The number of morpholine rings is 1. The van der Waals surface area contributed by atoms with Gasteiger partial charge in [0.2, 0.25) is 0 Å². The number of phenols is 1. The maximum absolute atomic E-state index is 12.1. The Labute approximate surface area is 99.8 Å². The average molecular weight is 236 g/mol. The van der Waals surface area contributed by atoms with Crippen LogP contribution in [-0.2, 0) is 4.74 Å². The lowest BCUT2D eigenvalue weighted by Crippen LogP contribution is -2.48. The summed E-state index contributed by atoms with van der Waals surface area (Å²) in [5.41, 5.74) is 6.10. The fourth-order valence-corrected chi connectivity index (χ4v) is 1.83. The van der Waals surface area contributed by atoms with Crippen LogP contribution in [0, 0.1) is 0 Å². The highest BCUT2D eigenvalue weighted by atomic mass is 16.5. The van der Waals surface area contributed by atoms with Crippen LogP contribution in [0.2, 0.25) is 0 Å². The number of amides is 1. The monoisotopic (exact) mass is 236 g/mol. The number of phenolic OH excluding ortho intramolecular Hbond substituents is 1. The number of carbonyl (C=O) groups excluding carboxylic acids is 1. The van der Waals surface area contributed by atoms with Crippen LogP contribution in [0.4, 0.5) is 0 Å². The molecule has 0 bridgehead atoms. The van der Waals surface area contributed by atoms with Crippen molar-refractivity contribution in [2.75, 3.05) is 26.2 Å². The molecule has 1 aromatic carbocycles. The normalized spacial score (nSPS) is 20.3. The molecule has 1 fully saturated rings. The highest BCUT2D eigenvalue weighted by Gasteiger charge is 2.23. The maximum atomic E-state index is 12.1. The van der Waals surface area contributed by atoms with Gasteiger partial charge in [-0.25, -0.2) is 0 Å². The van der Waals surface area contributed by atoms with E-state index in [1.54, 1.807) is 17.0 Å². The third-order valence-corrected chi connectivity index (χ3v) is 2.80. The van der Waals surface area contributed by atoms with Gasteiger partial charge in [-0.3, -0.25) is 4.79 Å². The van der Waals surface area contributed by atoms with Gasteiger partial charge < -0.3 is 20.5 Å². The summed E-state index contributed by atoms with van der Waals surface area (Å²) in [6.07, 6.45) is -0.0789. The molecule has 1 unspecified atom stereocenters. The number of nitrogens with two attached hydrogens (primary N) is 1. The molecule has 1 atom stereocenters. The molecular weight excluding hydrogens is 220 g/mol. The zero-order valence-corrected chi connectivity index (χ0v) is 9.50. The number of hydrogen-bond acceptors (Lipinski definition) is 4. The quantitative estimate of drug-likeness (QED) is 0.768. The Balaban J connectivity index is 2.06. The Kier molecular flexibility index (Phi) is 3.61. The largest absolute Gasteiger partial charge is 0.508 e. The van der Waals surface area contributed by atoms with Crippen LogP contribution >= 0.6 is 0 Å². The molecule has 1 saturated heterocycles. The van der Waals surface area contributed by atoms with Crippen molar-refractivity contribution in [1.29, 1.82) is 0 Å². The van der Waals surface area contributed by atoms with Crippen molar-refractivity contribution >= 4 is 5.91 Å². The molecular formula is C12H16N2O3. The molecule has 0 aromatic heterocycles. The predicted octanol–water partition coefficient (Wildman–Crippen LogP) is 0.192. The molecule has 1 amide bonds. The average Bonchev–Trinajstić information content (AvgIpc) is 2.39. The Morgan fingerprint density at radius 2 is 2.18 bits per heavy atom. The van der Waals surface area contributed by atoms with Gasteiger partial charge in [0.1, 0.15) is 5.75 Å². The van der Waals surface area contributed by atoms with Crippen molar-refractivity contribution in [1.82, 2.24) is 4.90 Å². The predicted molar refractivity (Wildman–Crippen MR) is 62.8 cm³/mol. The van der Waals surface area contributed by atoms with Gasteiger partial charge in [-0.1, -0.05) is 0 Å². The Morgan fingerprint density at radius 3 is 2.82 bits per heavy atom. The SMILES string of the molecule is NCC1CN(C(=O)c2ccc(O)cc2)CCO1. The summed E-state index contributed by atoms with van der Waals surface area (Å²) >= 11 is 0. The molecule has 5 nitrogen and oxygen atoms in total. The third kappa shape index (κ3) is 2.75. The topological polar surface area (TPSA) is 75.8 Å². The summed E-state index contributed by atoms with van der Waals surface area (Å²) < 4.78 is 5.40. The second kappa shape index (κ2) is 5.16. The molecule has 0 spiro atoms. The summed E-state index contributed by atoms with van der Waals surface area (Å²) in [4.78, 5) is 13.8. The molecule has 5 heteroatoms. The molecule has 1 heterocycles. The van der Waals surface area contributed by atoms with E-state index in [1.807, 2.05) is 0 Å². The second-order valence-corrected chi connectivity index (χ2v) is 4.03. The van der Waals surface area contributed by atoms with Gasteiger partial charge in [-0.05, 0) is 24.3 Å². The van der Waals surface area contributed by atoms with Crippen LogP contribution in [0.1, 0.15) is 10.4 Å². The van der Waals surface area contributed by atoms with E-state index in [1.165, 1.54) is 12.1 Å². The molecule has 0 radical (unpaired) electrons. The third-order valence-electron chi connectivity index (χ3n) is 2.80.